The molecule has 0 amide bonds. The zero-order valence-electron chi connectivity index (χ0n) is 12.2. The number of rotatable bonds is 8. The highest BCUT2D eigenvalue weighted by Gasteiger charge is 2.21. The first-order valence-electron chi connectivity index (χ1n) is 7.26. The van der Waals surface area contributed by atoms with Crippen LogP contribution < -0.4 is 5.32 Å². The lowest BCUT2D eigenvalue weighted by Crippen LogP contribution is -2.41. The number of nitrogens with one attached hydrogen (secondary N) is 1. The van der Waals surface area contributed by atoms with Gasteiger partial charge >= 0.3 is 0 Å². The summed E-state index contributed by atoms with van der Waals surface area (Å²) in [7, 11) is 4.51. The van der Waals surface area contributed by atoms with E-state index in [1.54, 1.807) is 0 Å². The molecule has 3 heteroatoms. The highest BCUT2D eigenvalue weighted by Crippen LogP contribution is 2.15. The lowest BCUT2D eigenvalue weighted by Gasteiger charge is -2.26. The highest BCUT2D eigenvalue weighted by atomic mass is 15.2. The molecule has 1 aliphatic rings. The standard InChI is InChI=1S/C14H31N3/c1-5-7-14(15-6-2)12-17(4)11-13-8-9-16(3)10-13/h13-15H,5-12H2,1-4H3. The predicted molar refractivity (Wildman–Crippen MR) is 75.5 cm³/mol. The van der Waals surface area contributed by atoms with E-state index in [9.17, 15) is 0 Å². The fourth-order valence-corrected chi connectivity index (χ4v) is 2.96. The molecule has 0 aromatic carbocycles. The van der Waals surface area contributed by atoms with Crippen LogP contribution in [0.25, 0.3) is 0 Å². The third-order valence-corrected chi connectivity index (χ3v) is 3.72. The number of nitrogens with zero attached hydrogens (tertiary/aromatic N) is 2. The van der Waals surface area contributed by atoms with Gasteiger partial charge in [0.15, 0.2) is 0 Å². The first kappa shape index (κ1) is 14.9. The van der Waals surface area contributed by atoms with Crippen molar-refractivity contribution in [1.82, 2.24) is 15.1 Å². The van der Waals surface area contributed by atoms with Gasteiger partial charge in [-0.25, -0.2) is 0 Å². The Balaban J connectivity index is 2.23. The summed E-state index contributed by atoms with van der Waals surface area (Å²) in [6.45, 7) is 10.6. The Bertz CT molecular complexity index is 190. The largest absolute Gasteiger partial charge is 0.313 e. The van der Waals surface area contributed by atoms with Crippen molar-refractivity contribution < 1.29 is 0 Å². The van der Waals surface area contributed by atoms with Gasteiger partial charge in [0, 0.05) is 25.7 Å². The Morgan fingerprint density at radius 3 is 2.71 bits per heavy atom. The van der Waals surface area contributed by atoms with E-state index < -0.39 is 0 Å². The van der Waals surface area contributed by atoms with Crippen molar-refractivity contribution in [2.45, 2.75) is 39.2 Å². The van der Waals surface area contributed by atoms with Gasteiger partial charge < -0.3 is 15.1 Å². The number of likely N-dealkylation sites (tertiary alicyclic amines) is 1. The molecule has 0 saturated carbocycles. The zero-order valence-corrected chi connectivity index (χ0v) is 12.2. The topological polar surface area (TPSA) is 18.5 Å². The average Bonchev–Trinajstić information content (AvgIpc) is 2.64. The van der Waals surface area contributed by atoms with Crippen LogP contribution in [0.1, 0.15) is 33.1 Å². The van der Waals surface area contributed by atoms with E-state index in [4.69, 9.17) is 0 Å². The summed E-state index contributed by atoms with van der Waals surface area (Å²) < 4.78 is 0. The molecule has 1 heterocycles. The molecule has 1 fully saturated rings. The van der Waals surface area contributed by atoms with Gasteiger partial charge in [-0.3, -0.25) is 0 Å². The second-order valence-electron chi connectivity index (χ2n) is 5.68. The zero-order chi connectivity index (χ0) is 12.7. The first-order valence-corrected chi connectivity index (χ1v) is 7.26. The summed E-state index contributed by atoms with van der Waals surface area (Å²) in [5.41, 5.74) is 0. The van der Waals surface area contributed by atoms with Gasteiger partial charge in [0.05, 0.1) is 0 Å². The molecular formula is C14H31N3. The van der Waals surface area contributed by atoms with Crippen LogP contribution in [0.15, 0.2) is 0 Å². The van der Waals surface area contributed by atoms with Crippen LogP contribution in [0, 0.1) is 5.92 Å². The van der Waals surface area contributed by atoms with E-state index >= 15 is 0 Å². The second kappa shape index (κ2) is 8.06. The van der Waals surface area contributed by atoms with Crippen molar-refractivity contribution >= 4 is 0 Å². The Morgan fingerprint density at radius 1 is 1.41 bits per heavy atom. The van der Waals surface area contributed by atoms with Crippen molar-refractivity contribution in [3.63, 3.8) is 0 Å². The predicted octanol–water partition coefficient (Wildman–Crippen LogP) is 1.65. The van der Waals surface area contributed by atoms with E-state index in [2.05, 4.69) is 43.1 Å². The summed E-state index contributed by atoms with van der Waals surface area (Å²) >= 11 is 0. The van der Waals surface area contributed by atoms with Crippen LogP contribution in [0.2, 0.25) is 0 Å². The van der Waals surface area contributed by atoms with Gasteiger partial charge in [-0.1, -0.05) is 20.3 Å². The van der Waals surface area contributed by atoms with Crippen LogP contribution in [0.4, 0.5) is 0 Å². The molecule has 2 atom stereocenters. The first-order chi connectivity index (χ1) is 8.15. The third-order valence-electron chi connectivity index (χ3n) is 3.72. The molecule has 17 heavy (non-hydrogen) atoms. The van der Waals surface area contributed by atoms with Crippen molar-refractivity contribution in [3.05, 3.63) is 0 Å². The molecular weight excluding hydrogens is 210 g/mol. The molecule has 2 unspecified atom stereocenters. The molecule has 0 spiro atoms. The molecule has 0 aromatic rings. The molecule has 1 rings (SSSR count). The van der Waals surface area contributed by atoms with Crippen LogP contribution in [-0.4, -0.2) is 62.7 Å². The Kier molecular flexibility index (Phi) is 7.09. The normalized spacial score (nSPS) is 23.5. The summed E-state index contributed by atoms with van der Waals surface area (Å²) in [6, 6.07) is 0.675. The molecule has 3 nitrogen and oxygen atoms in total. The van der Waals surface area contributed by atoms with E-state index in [1.165, 1.54) is 45.4 Å². The highest BCUT2D eigenvalue weighted by molar-refractivity contribution is 4.77. The van der Waals surface area contributed by atoms with Gasteiger partial charge in [0.25, 0.3) is 0 Å². The third kappa shape index (κ3) is 5.84. The van der Waals surface area contributed by atoms with E-state index in [0.717, 1.165) is 12.5 Å². The second-order valence-corrected chi connectivity index (χ2v) is 5.68. The monoisotopic (exact) mass is 241 g/mol. The van der Waals surface area contributed by atoms with Crippen molar-refractivity contribution in [2.75, 3.05) is 46.8 Å². The summed E-state index contributed by atoms with van der Waals surface area (Å²) in [4.78, 5) is 4.97. The minimum atomic E-state index is 0.675. The molecule has 0 aromatic heterocycles. The van der Waals surface area contributed by atoms with Crippen molar-refractivity contribution in [3.8, 4) is 0 Å². The molecule has 0 aliphatic carbocycles. The number of hydrogen-bond acceptors (Lipinski definition) is 3. The molecule has 1 N–H and O–H groups in total. The van der Waals surface area contributed by atoms with Gasteiger partial charge in [-0.15, -0.1) is 0 Å². The van der Waals surface area contributed by atoms with Gasteiger partial charge in [0.2, 0.25) is 0 Å². The summed E-state index contributed by atoms with van der Waals surface area (Å²) in [5.74, 6) is 0.883. The minimum Gasteiger partial charge on any atom is -0.313 e. The lowest BCUT2D eigenvalue weighted by atomic mass is 10.1. The van der Waals surface area contributed by atoms with Crippen molar-refractivity contribution in [1.29, 1.82) is 0 Å². The maximum absolute atomic E-state index is 3.60. The summed E-state index contributed by atoms with van der Waals surface area (Å²) in [5, 5.41) is 3.60. The van der Waals surface area contributed by atoms with E-state index in [1.807, 2.05) is 0 Å². The summed E-state index contributed by atoms with van der Waals surface area (Å²) in [6.07, 6.45) is 3.95. The van der Waals surface area contributed by atoms with Gasteiger partial charge in [-0.2, -0.15) is 0 Å². The fourth-order valence-electron chi connectivity index (χ4n) is 2.96. The van der Waals surface area contributed by atoms with Gasteiger partial charge in [0.1, 0.15) is 0 Å². The Hall–Kier alpha value is -0.120. The average molecular weight is 241 g/mol. The number of likely N-dealkylation sites (N-methyl/N-ethyl adjacent to an activating group) is 2. The van der Waals surface area contributed by atoms with Crippen LogP contribution in [0.5, 0.6) is 0 Å². The Morgan fingerprint density at radius 2 is 2.18 bits per heavy atom. The molecule has 102 valence electrons. The van der Waals surface area contributed by atoms with Crippen molar-refractivity contribution in [2.24, 2.45) is 5.92 Å². The lowest BCUT2D eigenvalue weighted by molar-refractivity contribution is 0.242. The van der Waals surface area contributed by atoms with Crippen LogP contribution in [0.3, 0.4) is 0 Å². The maximum atomic E-state index is 3.60. The molecule has 1 aliphatic heterocycles. The van der Waals surface area contributed by atoms with E-state index in [-0.39, 0.29) is 0 Å². The van der Waals surface area contributed by atoms with Crippen LogP contribution in [-0.2, 0) is 0 Å². The molecule has 1 saturated heterocycles. The quantitative estimate of drug-likeness (QED) is 0.697. The minimum absolute atomic E-state index is 0.675. The molecule has 0 radical (unpaired) electrons. The van der Waals surface area contributed by atoms with E-state index in [0.29, 0.717) is 6.04 Å². The number of hydrogen-bond donors (Lipinski definition) is 1. The SMILES string of the molecule is CCCC(CN(C)CC1CCN(C)C1)NCC. The fraction of sp³-hybridized carbons (Fsp3) is 1.00. The van der Waals surface area contributed by atoms with Crippen LogP contribution >= 0.6 is 0 Å². The Labute approximate surface area is 108 Å². The van der Waals surface area contributed by atoms with Gasteiger partial charge in [-0.05, 0) is 45.9 Å². The maximum Gasteiger partial charge on any atom is 0.0194 e. The smallest absolute Gasteiger partial charge is 0.0194 e. The molecule has 0 bridgehead atoms.